The summed E-state index contributed by atoms with van der Waals surface area (Å²) in [4.78, 5) is 17.9. The lowest BCUT2D eigenvalue weighted by Crippen LogP contribution is -2.35. The zero-order valence-electron chi connectivity index (χ0n) is 10.3. The summed E-state index contributed by atoms with van der Waals surface area (Å²) in [5.41, 5.74) is 0. The third-order valence-corrected chi connectivity index (χ3v) is 3.49. The normalized spacial score (nSPS) is 16.2. The van der Waals surface area contributed by atoms with Crippen LogP contribution in [0, 0.1) is 0 Å². The van der Waals surface area contributed by atoms with Crippen molar-refractivity contribution in [2.75, 3.05) is 19.7 Å². The predicted molar refractivity (Wildman–Crippen MR) is 72.5 cm³/mol. The summed E-state index contributed by atoms with van der Waals surface area (Å²) in [7, 11) is 0. The fraction of sp³-hybridized carbons (Fsp3) is 0.538. The van der Waals surface area contributed by atoms with Crippen LogP contribution < -0.4 is 4.74 Å². The number of carbonyl (C=O) groups excluding carboxylic acids is 1. The fourth-order valence-corrected chi connectivity index (χ4v) is 2.24. The first-order chi connectivity index (χ1) is 8.75. The van der Waals surface area contributed by atoms with Crippen LogP contribution in [0.15, 0.2) is 22.9 Å². The van der Waals surface area contributed by atoms with Crippen LogP contribution in [0.2, 0.25) is 0 Å². The number of hydrogen-bond acceptors (Lipinski definition) is 3. The van der Waals surface area contributed by atoms with Crippen LogP contribution in [-0.2, 0) is 4.79 Å². The molecule has 1 saturated heterocycles. The number of aromatic nitrogens is 1. The maximum absolute atomic E-state index is 12.0. The summed E-state index contributed by atoms with van der Waals surface area (Å²) in [6.45, 7) is 1.82. The number of hydrogen-bond donors (Lipinski definition) is 0. The average molecular weight is 313 g/mol. The van der Waals surface area contributed by atoms with Crippen molar-refractivity contribution in [2.45, 2.75) is 25.7 Å². The summed E-state index contributed by atoms with van der Waals surface area (Å²) in [5.74, 6) is 0.696. The molecule has 2 heterocycles. The molecule has 0 atom stereocenters. The Bertz CT molecular complexity index is 386. The van der Waals surface area contributed by atoms with Gasteiger partial charge in [-0.25, -0.2) is 4.98 Å². The van der Waals surface area contributed by atoms with Gasteiger partial charge in [-0.15, -0.1) is 0 Å². The van der Waals surface area contributed by atoms with E-state index in [2.05, 4.69) is 20.9 Å². The van der Waals surface area contributed by atoms with Gasteiger partial charge in [-0.05, 0) is 40.9 Å². The van der Waals surface area contributed by atoms with Crippen LogP contribution in [0.5, 0.6) is 5.75 Å². The summed E-state index contributed by atoms with van der Waals surface area (Å²) in [6.07, 6.45) is 6.26. The van der Waals surface area contributed by atoms with E-state index in [0.29, 0.717) is 5.75 Å². The Hall–Kier alpha value is -1.10. The van der Waals surface area contributed by atoms with E-state index in [0.717, 1.165) is 30.5 Å². The van der Waals surface area contributed by atoms with Crippen molar-refractivity contribution in [1.29, 1.82) is 0 Å². The van der Waals surface area contributed by atoms with Crippen molar-refractivity contribution < 1.29 is 9.53 Å². The molecule has 1 aliphatic rings. The second-order valence-corrected chi connectivity index (χ2v) is 5.21. The van der Waals surface area contributed by atoms with Crippen molar-refractivity contribution in [3.63, 3.8) is 0 Å². The van der Waals surface area contributed by atoms with E-state index < -0.39 is 0 Å². The highest BCUT2D eigenvalue weighted by Gasteiger charge is 2.15. The molecule has 0 aliphatic carbocycles. The molecule has 0 spiro atoms. The standard InChI is InChI=1S/C13H17BrN2O2/c14-12-6-5-11(9-15-12)18-10-13(17)16-7-3-1-2-4-8-16/h5-6,9H,1-4,7-8,10H2. The zero-order valence-corrected chi connectivity index (χ0v) is 11.9. The van der Waals surface area contributed by atoms with E-state index in [9.17, 15) is 4.79 Å². The van der Waals surface area contributed by atoms with Crippen molar-refractivity contribution in [2.24, 2.45) is 0 Å². The third-order valence-electron chi connectivity index (χ3n) is 3.02. The molecule has 0 N–H and O–H groups in total. The largest absolute Gasteiger partial charge is 0.482 e. The van der Waals surface area contributed by atoms with E-state index in [1.165, 1.54) is 12.8 Å². The maximum Gasteiger partial charge on any atom is 0.260 e. The molecule has 1 aromatic heterocycles. The van der Waals surface area contributed by atoms with Crippen LogP contribution in [0.4, 0.5) is 0 Å². The molecule has 5 heteroatoms. The molecule has 1 fully saturated rings. The molecule has 1 aliphatic heterocycles. The van der Waals surface area contributed by atoms with Gasteiger partial charge in [0, 0.05) is 13.1 Å². The van der Waals surface area contributed by atoms with Crippen molar-refractivity contribution in [3.8, 4) is 5.75 Å². The summed E-state index contributed by atoms with van der Waals surface area (Å²) < 4.78 is 6.20. The molecule has 0 unspecified atom stereocenters. The van der Waals surface area contributed by atoms with Gasteiger partial charge in [0.15, 0.2) is 6.61 Å². The first-order valence-electron chi connectivity index (χ1n) is 6.28. The van der Waals surface area contributed by atoms with E-state index in [4.69, 9.17) is 4.74 Å². The molecule has 0 bridgehead atoms. The van der Waals surface area contributed by atoms with Crippen LogP contribution in [0.3, 0.4) is 0 Å². The molecule has 0 aromatic carbocycles. The predicted octanol–water partition coefficient (Wildman–Crippen LogP) is 2.63. The average Bonchev–Trinajstić information content (AvgIpc) is 2.66. The summed E-state index contributed by atoms with van der Waals surface area (Å²) >= 11 is 3.25. The monoisotopic (exact) mass is 312 g/mol. The molecule has 98 valence electrons. The molecule has 1 amide bonds. The first kappa shape index (κ1) is 13.3. The smallest absolute Gasteiger partial charge is 0.260 e. The van der Waals surface area contributed by atoms with E-state index in [1.807, 2.05) is 4.90 Å². The van der Waals surface area contributed by atoms with Gasteiger partial charge in [0.2, 0.25) is 0 Å². The highest BCUT2D eigenvalue weighted by atomic mass is 79.9. The van der Waals surface area contributed by atoms with E-state index in [-0.39, 0.29) is 12.5 Å². The van der Waals surface area contributed by atoms with Gasteiger partial charge in [-0.2, -0.15) is 0 Å². The third kappa shape index (κ3) is 3.98. The highest BCUT2D eigenvalue weighted by Crippen LogP contribution is 2.13. The summed E-state index contributed by atoms with van der Waals surface area (Å²) in [6, 6.07) is 3.60. The quantitative estimate of drug-likeness (QED) is 0.806. The van der Waals surface area contributed by atoms with Gasteiger partial charge in [-0.3, -0.25) is 4.79 Å². The molecule has 0 radical (unpaired) electrons. The molecule has 2 rings (SSSR count). The Morgan fingerprint density at radius 3 is 2.61 bits per heavy atom. The number of halogens is 1. The molecule has 4 nitrogen and oxygen atoms in total. The van der Waals surface area contributed by atoms with Crippen LogP contribution in [0.25, 0.3) is 0 Å². The lowest BCUT2D eigenvalue weighted by molar-refractivity contribution is -0.133. The Morgan fingerprint density at radius 2 is 2.00 bits per heavy atom. The lowest BCUT2D eigenvalue weighted by atomic mass is 10.2. The number of likely N-dealkylation sites (tertiary alicyclic amines) is 1. The Morgan fingerprint density at radius 1 is 1.28 bits per heavy atom. The van der Waals surface area contributed by atoms with Crippen molar-refractivity contribution >= 4 is 21.8 Å². The van der Waals surface area contributed by atoms with Gasteiger partial charge < -0.3 is 9.64 Å². The SMILES string of the molecule is O=C(COc1ccc(Br)nc1)N1CCCCCC1. The number of ether oxygens (including phenoxy) is 1. The Kier molecular flexibility index (Phi) is 4.99. The topological polar surface area (TPSA) is 42.4 Å². The van der Waals surface area contributed by atoms with Crippen LogP contribution in [-0.4, -0.2) is 35.5 Å². The number of nitrogens with zero attached hydrogens (tertiary/aromatic N) is 2. The fourth-order valence-electron chi connectivity index (χ4n) is 2.00. The van der Waals surface area contributed by atoms with Gasteiger partial charge in [-0.1, -0.05) is 12.8 Å². The van der Waals surface area contributed by atoms with Gasteiger partial charge in [0.25, 0.3) is 5.91 Å². The number of amides is 1. The minimum atomic E-state index is 0.0693. The van der Waals surface area contributed by atoms with Gasteiger partial charge in [0.1, 0.15) is 10.4 Å². The first-order valence-corrected chi connectivity index (χ1v) is 7.07. The van der Waals surface area contributed by atoms with Gasteiger partial charge >= 0.3 is 0 Å². The Labute approximate surface area is 115 Å². The number of pyridine rings is 1. The molecular weight excluding hydrogens is 296 g/mol. The van der Waals surface area contributed by atoms with Gasteiger partial charge in [0.05, 0.1) is 6.20 Å². The molecule has 1 aromatic rings. The molecule has 18 heavy (non-hydrogen) atoms. The summed E-state index contributed by atoms with van der Waals surface area (Å²) in [5, 5.41) is 0. The number of rotatable bonds is 3. The zero-order chi connectivity index (χ0) is 12.8. The van der Waals surface area contributed by atoms with E-state index >= 15 is 0 Å². The van der Waals surface area contributed by atoms with Crippen LogP contribution in [0.1, 0.15) is 25.7 Å². The highest BCUT2D eigenvalue weighted by molar-refractivity contribution is 9.10. The minimum Gasteiger partial charge on any atom is -0.482 e. The second kappa shape index (κ2) is 6.73. The van der Waals surface area contributed by atoms with Crippen molar-refractivity contribution in [1.82, 2.24) is 9.88 Å². The molecule has 0 saturated carbocycles. The number of carbonyl (C=O) groups is 1. The van der Waals surface area contributed by atoms with Crippen LogP contribution >= 0.6 is 15.9 Å². The second-order valence-electron chi connectivity index (χ2n) is 4.40. The Balaban J connectivity index is 1.81. The van der Waals surface area contributed by atoms with Crippen molar-refractivity contribution in [3.05, 3.63) is 22.9 Å². The maximum atomic E-state index is 12.0. The molecular formula is C13H17BrN2O2. The minimum absolute atomic E-state index is 0.0693. The lowest BCUT2D eigenvalue weighted by Gasteiger charge is -2.20. The van der Waals surface area contributed by atoms with E-state index in [1.54, 1.807) is 18.3 Å².